The molecule has 2 N–H and O–H groups in total. The molecule has 1 aliphatic rings. The molecule has 0 radical (unpaired) electrons. The minimum Gasteiger partial charge on any atom is -0.481 e. The first-order valence-corrected chi connectivity index (χ1v) is 8.87. The molecule has 7 heteroatoms. The smallest absolute Gasteiger partial charge is 0.235 e. The molecule has 0 aliphatic heterocycles. The van der Waals surface area contributed by atoms with Crippen molar-refractivity contribution >= 4 is 23.3 Å². The third-order valence-corrected chi connectivity index (χ3v) is 4.24. The molecule has 1 aromatic carbocycles. The zero-order chi connectivity index (χ0) is 17.5. The van der Waals surface area contributed by atoms with Gasteiger partial charge < -0.3 is 20.1 Å². The number of anilines is 1. The quantitative estimate of drug-likeness (QED) is 0.786. The van der Waals surface area contributed by atoms with Crippen LogP contribution in [-0.4, -0.2) is 28.2 Å². The number of thiocarbonyl (C=S) groups is 1. The van der Waals surface area contributed by atoms with Crippen molar-refractivity contribution in [2.24, 2.45) is 0 Å². The van der Waals surface area contributed by atoms with Gasteiger partial charge in [-0.15, -0.1) is 0 Å². The van der Waals surface area contributed by atoms with Crippen LogP contribution in [-0.2, 0) is 0 Å². The molecule has 0 amide bonds. The maximum Gasteiger partial charge on any atom is 0.235 e. The topological polar surface area (TPSA) is 68.3 Å². The molecule has 0 saturated heterocycles. The maximum atomic E-state index is 5.76. The van der Waals surface area contributed by atoms with Gasteiger partial charge in [0.05, 0.1) is 13.2 Å². The lowest BCUT2D eigenvalue weighted by atomic mass is 9.96. The van der Waals surface area contributed by atoms with Crippen molar-refractivity contribution in [1.82, 2.24) is 15.3 Å². The van der Waals surface area contributed by atoms with Crippen LogP contribution in [0.4, 0.5) is 5.95 Å². The van der Waals surface area contributed by atoms with Gasteiger partial charge >= 0.3 is 0 Å². The van der Waals surface area contributed by atoms with E-state index in [4.69, 9.17) is 21.7 Å². The third-order valence-electron chi connectivity index (χ3n) is 4.02. The Hall–Kier alpha value is -2.41. The van der Waals surface area contributed by atoms with E-state index in [2.05, 4.69) is 20.6 Å². The minimum absolute atomic E-state index is 0.346. The van der Waals surface area contributed by atoms with Crippen LogP contribution < -0.4 is 20.1 Å². The molecule has 1 aliphatic carbocycles. The summed E-state index contributed by atoms with van der Waals surface area (Å²) in [5.41, 5.74) is 0. The molecule has 1 aromatic heterocycles. The van der Waals surface area contributed by atoms with Gasteiger partial charge in [0, 0.05) is 6.04 Å². The molecular weight excluding hydrogens is 336 g/mol. The fourth-order valence-corrected chi connectivity index (χ4v) is 3.05. The summed E-state index contributed by atoms with van der Waals surface area (Å²) in [6.45, 7) is 0. The molecule has 0 unspecified atom stereocenters. The zero-order valence-electron chi connectivity index (χ0n) is 14.2. The Bertz CT molecular complexity index is 705. The summed E-state index contributed by atoms with van der Waals surface area (Å²) in [5, 5.41) is 6.88. The van der Waals surface area contributed by atoms with Gasteiger partial charge in [-0.25, -0.2) is 0 Å². The average molecular weight is 358 g/mol. The lowest BCUT2D eigenvalue weighted by molar-refractivity contribution is 0.389. The Balaban J connectivity index is 1.67. The highest BCUT2D eigenvalue weighted by Gasteiger charge is 2.15. The molecule has 1 saturated carbocycles. The van der Waals surface area contributed by atoms with E-state index >= 15 is 0 Å². The first-order valence-electron chi connectivity index (χ1n) is 8.46. The number of aromatic nitrogens is 2. The molecule has 0 atom stereocenters. The van der Waals surface area contributed by atoms with Crippen LogP contribution in [0.3, 0.4) is 0 Å². The number of para-hydroxylation sites is 1. The van der Waals surface area contributed by atoms with E-state index in [0.717, 1.165) is 12.8 Å². The Labute approximate surface area is 153 Å². The van der Waals surface area contributed by atoms with Gasteiger partial charge in [-0.1, -0.05) is 37.5 Å². The molecule has 25 heavy (non-hydrogen) atoms. The highest BCUT2D eigenvalue weighted by molar-refractivity contribution is 7.80. The van der Waals surface area contributed by atoms with Crippen molar-refractivity contribution in [3.05, 3.63) is 36.4 Å². The van der Waals surface area contributed by atoms with Crippen LogP contribution in [0.5, 0.6) is 17.5 Å². The summed E-state index contributed by atoms with van der Waals surface area (Å²) in [4.78, 5) is 8.63. The number of nitrogens with one attached hydrogen (secondary N) is 2. The summed E-state index contributed by atoms with van der Waals surface area (Å²) >= 11 is 5.39. The number of rotatable bonds is 5. The van der Waals surface area contributed by atoms with Gasteiger partial charge in [-0.2, -0.15) is 9.97 Å². The molecule has 0 bridgehead atoms. The van der Waals surface area contributed by atoms with E-state index in [9.17, 15) is 0 Å². The Morgan fingerprint density at radius 2 is 1.80 bits per heavy atom. The standard InChI is InChI=1S/C18H22N4O2S/c1-23-15-12-16(24-14-10-6-3-7-11-14)21-17(20-15)22-18(25)19-13-8-4-2-5-9-13/h3,6-7,10-13H,2,4-5,8-9H2,1H3,(H2,19,20,21,22,25). The Morgan fingerprint density at radius 1 is 1.08 bits per heavy atom. The number of ether oxygens (including phenoxy) is 2. The summed E-state index contributed by atoms with van der Waals surface area (Å²) in [6, 6.07) is 11.5. The summed E-state index contributed by atoms with van der Waals surface area (Å²) in [5.74, 6) is 1.83. The van der Waals surface area contributed by atoms with Crippen molar-refractivity contribution in [1.29, 1.82) is 0 Å². The maximum absolute atomic E-state index is 5.76. The zero-order valence-corrected chi connectivity index (χ0v) is 15.0. The lowest BCUT2D eigenvalue weighted by Gasteiger charge is -2.24. The molecule has 1 fully saturated rings. The number of hydrogen-bond donors (Lipinski definition) is 2. The Morgan fingerprint density at radius 3 is 2.52 bits per heavy atom. The van der Waals surface area contributed by atoms with Crippen LogP contribution in [0, 0.1) is 0 Å². The van der Waals surface area contributed by atoms with Crippen LogP contribution in [0.1, 0.15) is 32.1 Å². The molecule has 6 nitrogen and oxygen atoms in total. The van der Waals surface area contributed by atoms with E-state index < -0.39 is 0 Å². The van der Waals surface area contributed by atoms with E-state index in [1.807, 2.05) is 30.3 Å². The normalized spacial score (nSPS) is 14.6. The van der Waals surface area contributed by atoms with Crippen molar-refractivity contribution in [3.63, 3.8) is 0 Å². The second-order valence-corrected chi connectivity index (χ2v) is 6.33. The van der Waals surface area contributed by atoms with Gasteiger partial charge in [-0.05, 0) is 37.2 Å². The van der Waals surface area contributed by atoms with Gasteiger partial charge in [-0.3, -0.25) is 0 Å². The molecular formula is C18H22N4O2S. The highest BCUT2D eigenvalue weighted by Crippen LogP contribution is 2.23. The number of methoxy groups -OCH3 is 1. The number of nitrogens with zero attached hydrogens (tertiary/aromatic N) is 2. The molecule has 2 aromatic rings. The predicted octanol–water partition coefficient (Wildman–Crippen LogP) is 3.90. The van der Waals surface area contributed by atoms with Crippen LogP contribution in [0.2, 0.25) is 0 Å². The van der Waals surface area contributed by atoms with Gasteiger partial charge in [0.25, 0.3) is 0 Å². The van der Waals surface area contributed by atoms with E-state index in [-0.39, 0.29) is 0 Å². The monoisotopic (exact) mass is 358 g/mol. The third kappa shape index (κ3) is 5.29. The highest BCUT2D eigenvalue weighted by atomic mass is 32.1. The van der Waals surface area contributed by atoms with Gasteiger partial charge in [0.15, 0.2) is 5.11 Å². The van der Waals surface area contributed by atoms with Crippen molar-refractivity contribution in [2.45, 2.75) is 38.1 Å². The SMILES string of the molecule is COc1cc(Oc2ccccc2)nc(NC(=S)NC2CCCCC2)n1. The molecule has 3 rings (SSSR count). The van der Waals surface area contributed by atoms with Crippen LogP contribution in [0.15, 0.2) is 36.4 Å². The number of hydrogen-bond acceptors (Lipinski definition) is 5. The lowest BCUT2D eigenvalue weighted by Crippen LogP contribution is -2.39. The fourth-order valence-electron chi connectivity index (χ4n) is 2.80. The van der Waals surface area contributed by atoms with Crippen molar-refractivity contribution < 1.29 is 9.47 Å². The van der Waals surface area contributed by atoms with E-state index in [1.54, 1.807) is 13.2 Å². The second kappa shape index (κ2) is 8.62. The second-order valence-electron chi connectivity index (χ2n) is 5.92. The number of benzene rings is 1. The Kier molecular flexibility index (Phi) is 6.00. The summed E-state index contributed by atoms with van der Waals surface area (Å²) < 4.78 is 11.0. The first kappa shape index (κ1) is 17.4. The average Bonchev–Trinajstić information content (AvgIpc) is 2.63. The van der Waals surface area contributed by atoms with E-state index in [1.165, 1.54) is 19.3 Å². The minimum atomic E-state index is 0.346. The molecule has 0 spiro atoms. The largest absolute Gasteiger partial charge is 0.481 e. The summed E-state index contributed by atoms with van der Waals surface area (Å²) in [6.07, 6.45) is 6.07. The summed E-state index contributed by atoms with van der Waals surface area (Å²) in [7, 11) is 1.55. The fraction of sp³-hybridized carbons (Fsp3) is 0.389. The van der Waals surface area contributed by atoms with Gasteiger partial charge in [0.2, 0.25) is 17.7 Å². The van der Waals surface area contributed by atoms with E-state index in [0.29, 0.717) is 34.6 Å². The molecule has 1 heterocycles. The van der Waals surface area contributed by atoms with Crippen LogP contribution >= 0.6 is 12.2 Å². The van der Waals surface area contributed by atoms with Crippen molar-refractivity contribution in [3.8, 4) is 17.5 Å². The van der Waals surface area contributed by atoms with Gasteiger partial charge in [0.1, 0.15) is 5.75 Å². The predicted molar refractivity (Wildman–Crippen MR) is 101 cm³/mol. The molecule has 132 valence electrons. The van der Waals surface area contributed by atoms with Crippen molar-refractivity contribution in [2.75, 3.05) is 12.4 Å². The van der Waals surface area contributed by atoms with Crippen LogP contribution in [0.25, 0.3) is 0 Å². The first-order chi connectivity index (χ1) is 12.2.